The summed E-state index contributed by atoms with van der Waals surface area (Å²) in [6.45, 7) is 0.680. The predicted molar refractivity (Wildman–Crippen MR) is 130 cm³/mol. The van der Waals surface area contributed by atoms with E-state index in [1.54, 1.807) is 0 Å². The Kier molecular flexibility index (Phi) is 6.47. The second-order valence-corrected chi connectivity index (χ2v) is 8.91. The van der Waals surface area contributed by atoms with E-state index in [0.717, 1.165) is 12.8 Å². The standard InChI is InChI=1S/C26H32N6/c1-3-10-19(11-4-1)18-27-24-30-25(28-21-14-5-2-6-15-21)32-26(31-24)29-23-17-9-13-20-12-7-8-16-22(20)23/h1,3-4,7-8,10-12,16,21,23H,2,5-6,9,13-15,17-18H2,(H3,27,28,29,30,31,32). The van der Waals surface area contributed by atoms with Crippen LogP contribution in [-0.2, 0) is 13.0 Å². The molecule has 32 heavy (non-hydrogen) atoms. The van der Waals surface area contributed by atoms with Gasteiger partial charge in [-0.15, -0.1) is 0 Å². The average molecular weight is 429 g/mol. The third kappa shape index (κ3) is 5.18. The minimum Gasteiger partial charge on any atom is -0.351 e. The van der Waals surface area contributed by atoms with Crippen LogP contribution in [0, 0.1) is 0 Å². The van der Waals surface area contributed by atoms with E-state index >= 15 is 0 Å². The predicted octanol–water partition coefficient (Wildman–Crippen LogP) is 5.72. The van der Waals surface area contributed by atoms with E-state index in [4.69, 9.17) is 15.0 Å². The molecule has 0 radical (unpaired) electrons. The number of nitrogens with zero attached hydrogens (tertiary/aromatic N) is 3. The molecule has 6 heteroatoms. The first kappa shape index (κ1) is 20.7. The third-order valence-electron chi connectivity index (χ3n) is 6.54. The van der Waals surface area contributed by atoms with Crippen molar-refractivity contribution in [2.45, 2.75) is 70.0 Å². The Hall–Kier alpha value is -3.15. The normalized spacial score (nSPS) is 18.6. The van der Waals surface area contributed by atoms with Gasteiger partial charge in [-0.1, -0.05) is 73.9 Å². The average Bonchev–Trinajstić information content (AvgIpc) is 2.84. The summed E-state index contributed by atoms with van der Waals surface area (Å²) in [7, 11) is 0. The summed E-state index contributed by atoms with van der Waals surface area (Å²) in [6, 6.07) is 19.7. The number of anilines is 3. The van der Waals surface area contributed by atoms with Gasteiger partial charge < -0.3 is 16.0 Å². The second-order valence-electron chi connectivity index (χ2n) is 8.91. The molecule has 2 aromatic carbocycles. The molecule has 1 saturated carbocycles. The Bertz CT molecular complexity index is 1020. The van der Waals surface area contributed by atoms with Crippen LogP contribution in [0.25, 0.3) is 0 Å². The van der Waals surface area contributed by atoms with E-state index in [0.29, 0.717) is 30.4 Å². The fourth-order valence-electron chi connectivity index (χ4n) is 4.85. The van der Waals surface area contributed by atoms with Crippen molar-refractivity contribution >= 4 is 17.8 Å². The molecular formula is C26H32N6. The molecular weight excluding hydrogens is 396 g/mol. The van der Waals surface area contributed by atoms with Gasteiger partial charge in [0.2, 0.25) is 17.8 Å². The second kappa shape index (κ2) is 9.98. The van der Waals surface area contributed by atoms with Gasteiger partial charge in [0.25, 0.3) is 0 Å². The Morgan fingerprint density at radius 1 is 0.688 bits per heavy atom. The quantitative estimate of drug-likeness (QED) is 0.447. The first-order chi connectivity index (χ1) is 15.8. The summed E-state index contributed by atoms with van der Waals surface area (Å²) in [5, 5.41) is 10.6. The molecule has 2 aliphatic carbocycles. The zero-order valence-electron chi connectivity index (χ0n) is 18.6. The first-order valence-electron chi connectivity index (χ1n) is 12.0. The molecule has 0 spiro atoms. The molecule has 5 rings (SSSR count). The van der Waals surface area contributed by atoms with Crippen molar-refractivity contribution < 1.29 is 0 Å². The van der Waals surface area contributed by atoms with Crippen molar-refractivity contribution in [1.29, 1.82) is 0 Å². The van der Waals surface area contributed by atoms with Crippen molar-refractivity contribution in [3.8, 4) is 0 Å². The zero-order chi connectivity index (χ0) is 21.6. The van der Waals surface area contributed by atoms with E-state index in [1.165, 1.54) is 55.2 Å². The number of hydrogen-bond donors (Lipinski definition) is 3. The van der Waals surface area contributed by atoms with E-state index in [9.17, 15) is 0 Å². The molecule has 166 valence electrons. The lowest BCUT2D eigenvalue weighted by Crippen LogP contribution is -2.25. The highest BCUT2D eigenvalue weighted by molar-refractivity contribution is 5.46. The van der Waals surface area contributed by atoms with Crippen LogP contribution < -0.4 is 16.0 Å². The minimum atomic E-state index is 0.229. The van der Waals surface area contributed by atoms with Gasteiger partial charge in [-0.25, -0.2) is 0 Å². The molecule has 3 N–H and O–H groups in total. The van der Waals surface area contributed by atoms with Crippen LogP contribution in [0.1, 0.15) is 67.7 Å². The first-order valence-corrected chi connectivity index (χ1v) is 12.0. The maximum absolute atomic E-state index is 4.77. The van der Waals surface area contributed by atoms with Crippen LogP contribution in [0.3, 0.4) is 0 Å². The molecule has 3 aromatic rings. The van der Waals surface area contributed by atoms with Crippen molar-refractivity contribution in [2.75, 3.05) is 16.0 Å². The molecule has 0 saturated heterocycles. The molecule has 1 atom stereocenters. The number of benzene rings is 2. The monoisotopic (exact) mass is 428 g/mol. The fraction of sp³-hybridized carbons (Fsp3) is 0.423. The number of fused-ring (bicyclic) bond motifs is 1. The van der Waals surface area contributed by atoms with Crippen LogP contribution in [0.5, 0.6) is 0 Å². The van der Waals surface area contributed by atoms with Crippen molar-refractivity contribution in [3.63, 3.8) is 0 Å². The van der Waals surface area contributed by atoms with Gasteiger partial charge in [-0.2, -0.15) is 15.0 Å². The summed E-state index contributed by atoms with van der Waals surface area (Å²) in [5.74, 6) is 1.90. The van der Waals surface area contributed by atoms with E-state index in [-0.39, 0.29) is 6.04 Å². The molecule has 1 fully saturated rings. The molecule has 1 unspecified atom stereocenters. The van der Waals surface area contributed by atoms with E-state index in [2.05, 4.69) is 52.3 Å². The van der Waals surface area contributed by atoms with Gasteiger partial charge in [0, 0.05) is 12.6 Å². The number of aromatic nitrogens is 3. The van der Waals surface area contributed by atoms with Gasteiger partial charge in [0.05, 0.1) is 6.04 Å². The smallest absolute Gasteiger partial charge is 0.229 e. The molecule has 2 aliphatic rings. The summed E-state index contributed by atoms with van der Waals surface area (Å²) in [6.07, 6.45) is 9.62. The van der Waals surface area contributed by atoms with Crippen LogP contribution in [0.4, 0.5) is 17.8 Å². The zero-order valence-corrected chi connectivity index (χ0v) is 18.6. The molecule has 1 aromatic heterocycles. The summed E-state index contributed by atoms with van der Waals surface area (Å²) < 4.78 is 0. The van der Waals surface area contributed by atoms with Crippen LogP contribution in [-0.4, -0.2) is 21.0 Å². The van der Waals surface area contributed by atoms with E-state index in [1.807, 2.05) is 18.2 Å². The largest absolute Gasteiger partial charge is 0.351 e. The summed E-state index contributed by atoms with van der Waals surface area (Å²) in [5.41, 5.74) is 3.98. The van der Waals surface area contributed by atoms with Gasteiger partial charge in [-0.3, -0.25) is 0 Å². The highest BCUT2D eigenvalue weighted by Gasteiger charge is 2.22. The molecule has 6 nitrogen and oxygen atoms in total. The van der Waals surface area contributed by atoms with Crippen LogP contribution >= 0.6 is 0 Å². The van der Waals surface area contributed by atoms with Gasteiger partial charge in [0.15, 0.2) is 0 Å². The van der Waals surface area contributed by atoms with Crippen LogP contribution in [0.2, 0.25) is 0 Å². The molecule has 0 amide bonds. The van der Waals surface area contributed by atoms with Gasteiger partial charge in [0.1, 0.15) is 0 Å². The van der Waals surface area contributed by atoms with Gasteiger partial charge >= 0.3 is 0 Å². The number of aryl methyl sites for hydroxylation is 1. The fourth-order valence-corrected chi connectivity index (χ4v) is 4.85. The number of nitrogens with one attached hydrogen (secondary N) is 3. The lowest BCUT2D eigenvalue weighted by molar-refractivity contribution is 0.460. The Balaban J connectivity index is 1.37. The van der Waals surface area contributed by atoms with E-state index < -0.39 is 0 Å². The Morgan fingerprint density at radius 3 is 2.25 bits per heavy atom. The number of rotatable bonds is 7. The van der Waals surface area contributed by atoms with Crippen LogP contribution in [0.15, 0.2) is 54.6 Å². The maximum Gasteiger partial charge on any atom is 0.229 e. The van der Waals surface area contributed by atoms with Crippen molar-refractivity contribution in [1.82, 2.24) is 15.0 Å². The highest BCUT2D eigenvalue weighted by atomic mass is 15.3. The van der Waals surface area contributed by atoms with Crippen molar-refractivity contribution in [3.05, 3.63) is 71.3 Å². The lowest BCUT2D eigenvalue weighted by atomic mass is 9.88. The summed E-state index contributed by atoms with van der Waals surface area (Å²) in [4.78, 5) is 14.2. The Morgan fingerprint density at radius 2 is 1.41 bits per heavy atom. The van der Waals surface area contributed by atoms with Gasteiger partial charge in [-0.05, 0) is 48.8 Å². The molecule has 1 heterocycles. The lowest BCUT2D eigenvalue weighted by Gasteiger charge is -2.27. The number of hydrogen-bond acceptors (Lipinski definition) is 6. The highest BCUT2D eigenvalue weighted by Crippen LogP contribution is 2.32. The maximum atomic E-state index is 4.77. The SMILES string of the molecule is c1ccc(CNc2nc(NC3CCCCC3)nc(NC3CCCc4ccccc43)n2)cc1. The molecule has 0 bridgehead atoms. The summed E-state index contributed by atoms with van der Waals surface area (Å²) >= 11 is 0. The topological polar surface area (TPSA) is 74.8 Å². The van der Waals surface area contributed by atoms with Crippen molar-refractivity contribution in [2.24, 2.45) is 0 Å². The third-order valence-corrected chi connectivity index (χ3v) is 6.54. The Labute approximate surface area is 190 Å². The molecule has 0 aliphatic heterocycles. The minimum absolute atomic E-state index is 0.229.